The minimum Gasteiger partial charge on any atom is -0.493 e. The van der Waals surface area contributed by atoms with Gasteiger partial charge in [-0.05, 0) is 26.7 Å². The molecule has 1 aliphatic rings. The van der Waals surface area contributed by atoms with Gasteiger partial charge in [0.25, 0.3) is 11.6 Å². The maximum Gasteiger partial charge on any atom is 0.331 e. The lowest BCUT2D eigenvalue weighted by Crippen LogP contribution is -2.53. The molecule has 0 unspecified atom stereocenters. The number of carbonyl (C=O) groups is 2. The molecule has 9 nitrogen and oxygen atoms in total. The molecule has 1 aromatic rings. The summed E-state index contributed by atoms with van der Waals surface area (Å²) >= 11 is 0. The van der Waals surface area contributed by atoms with Gasteiger partial charge in [-0.1, -0.05) is 12.8 Å². The van der Waals surface area contributed by atoms with Gasteiger partial charge in [0.05, 0.1) is 31.3 Å². The number of methoxy groups -OCH3 is 1. The highest BCUT2D eigenvalue weighted by Gasteiger charge is 2.44. The molecule has 9 heteroatoms. The van der Waals surface area contributed by atoms with E-state index >= 15 is 0 Å². The fourth-order valence-electron chi connectivity index (χ4n) is 3.22. The molecule has 0 saturated heterocycles. The molecule has 148 valence electrons. The summed E-state index contributed by atoms with van der Waals surface area (Å²) in [6.45, 7) is 3.91. The van der Waals surface area contributed by atoms with Crippen LogP contribution in [-0.2, 0) is 9.53 Å². The zero-order chi connectivity index (χ0) is 20.0. The molecule has 1 aromatic carbocycles. The molecule has 1 aliphatic carbocycles. The standard InChI is InChI=1S/C18H24N2O7/c1-4-26-15-10-12(13(20(23)24)11-14(15)25-3)16(21)19-18(8-6-7-9-18)17(22)27-5-2/h10-11H,4-9H2,1-3H3,(H,19,21). The van der Waals surface area contributed by atoms with Gasteiger partial charge >= 0.3 is 5.97 Å². The average Bonchev–Trinajstić information content (AvgIpc) is 3.11. The van der Waals surface area contributed by atoms with E-state index in [4.69, 9.17) is 14.2 Å². The average molecular weight is 380 g/mol. The number of nitrogens with zero attached hydrogens (tertiary/aromatic N) is 1. The van der Waals surface area contributed by atoms with Crippen LogP contribution >= 0.6 is 0 Å². The van der Waals surface area contributed by atoms with Gasteiger partial charge in [-0.15, -0.1) is 0 Å². The van der Waals surface area contributed by atoms with Crippen molar-refractivity contribution in [1.29, 1.82) is 0 Å². The number of rotatable bonds is 8. The normalized spacial score (nSPS) is 15.1. The third kappa shape index (κ3) is 4.29. The largest absolute Gasteiger partial charge is 0.493 e. The van der Waals surface area contributed by atoms with E-state index in [9.17, 15) is 19.7 Å². The van der Waals surface area contributed by atoms with Crippen LogP contribution in [-0.4, -0.2) is 42.7 Å². The van der Waals surface area contributed by atoms with Crippen LogP contribution in [0.25, 0.3) is 0 Å². The zero-order valence-corrected chi connectivity index (χ0v) is 15.7. The maximum absolute atomic E-state index is 12.9. The number of nitro groups is 1. The molecule has 0 aliphatic heterocycles. The monoisotopic (exact) mass is 380 g/mol. The number of carbonyl (C=O) groups excluding carboxylic acids is 2. The lowest BCUT2D eigenvalue weighted by Gasteiger charge is -2.27. The highest BCUT2D eigenvalue weighted by molar-refractivity contribution is 6.02. The van der Waals surface area contributed by atoms with Crippen molar-refractivity contribution in [3.63, 3.8) is 0 Å². The third-order valence-electron chi connectivity index (χ3n) is 4.50. The molecule has 0 radical (unpaired) electrons. The van der Waals surface area contributed by atoms with E-state index < -0.39 is 28.0 Å². The molecule has 1 fully saturated rings. The summed E-state index contributed by atoms with van der Waals surface area (Å²) < 4.78 is 15.6. The minimum atomic E-state index is -1.16. The number of hydrogen-bond donors (Lipinski definition) is 1. The van der Waals surface area contributed by atoms with Crippen LogP contribution < -0.4 is 14.8 Å². The predicted octanol–water partition coefficient (Wildman–Crippen LogP) is 2.61. The second kappa shape index (κ2) is 8.70. The number of benzene rings is 1. The lowest BCUT2D eigenvalue weighted by molar-refractivity contribution is -0.385. The summed E-state index contributed by atoms with van der Waals surface area (Å²) in [5.41, 5.74) is -1.78. The van der Waals surface area contributed by atoms with Crippen molar-refractivity contribution in [2.24, 2.45) is 0 Å². The Hall–Kier alpha value is -2.84. The van der Waals surface area contributed by atoms with Crippen LogP contribution in [0.2, 0.25) is 0 Å². The minimum absolute atomic E-state index is 0.154. The quantitative estimate of drug-likeness (QED) is 0.418. The van der Waals surface area contributed by atoms with Crippen molar-refractivity contribution in [3.8, 4) is 11.5 Å². The van der Waals surface area contributed by atoms with Gasteiger partial charge in [0.15, 0.2) is 11.5 Å². The van der Waals surface area contributed by atoms with Crippen LogP contribution in [0.5, 0.6) is 11.5 Å². The van der Waals surface area contributed by atoms with Crippen LogP contribution in [0, 0.1) is 10.1 Å². The predicted molar refractivity (Wildman–Crippen MR) is 96.1 cm³/mol. The number of nitrogens with one attached hydrogen (secondary N) is 1. The zero-order valence-electron chi connectivity index (χ0n) is 15.7. The van der Waals surface area contributed by atoms with E-state index in [1.807, 2.05) is 0 Å². The number of nitro benzene ring substituents is 1. The highest BCUT2D eigenvalue weighted by atomic mass is 16.6. The Kier molecular flexibility index (Phi) is 6.59. The SMILES string of the molecule is CCOC(=O)C1(NC(=O)c2cc(OCC)c(OC)cc2[N+](=O)[O-])CCCC1. The van der Waals surface area contributed by atoms with Gasteiger partial charge in [0.1, 0.15) is 11.1 Å². The van der Waals surface area contributed by atoms with Crippen LogP contribution in [0.1, 0.15) is 49.9 Å². The van der Waals surface area contributed by atoms with Crippen molar-refractivity contribution in [2.45, 2.75) is 45.1 Å². The molecule has 0 heterocycles. The molecule has 27 heavy (non-hydrogen) atoms. The molecule has 0 spiro atoms. The van der Waals surface area contributed by atoms with E-state index in [1.165, 1.54) is 13.2 Å². The Labute approximate surface area is 157 Å². The Bertz CT molecular complexity index is 727. The molecule has 1 amide bonds. The van der Waals surface area contributed by atoms with Crippen LogP contribution in [0.15, 0.2) is 12.1 Å². The van der Waals surface area contributed by atoms with Gasteiger partial charge in [-0.3, -0.25) is 14.9 Å². The van der Waals surface area contributed by atoms with E-state index in [-0.39, 0.29) is 23.7 Å². The Morgan fingerprint density at radius 2 is 1.85 bits per heavy atom. The number of esters is 1. The third-order valence-corrected chi connectivity index (χ3v) is 4.50. The topological polar surface area (TPSA) is 117 Å². The van der Waals surface area contributed by atoms with E-state index in [1.54, 1.807) is 13.8 Å². The second-order valence-electron chi connectivity index (χ2n) is 6.17. The molecule has 0 atom stereocenters. The van der Waals surface area contributed by atoms with Gasteiger partial charge < -0.3 is 19.5 Å². The van der Waals surface area contributed by atoms with Gasteiger partial charge in [0.2, 0.25) is 0 Å². The fourth-order valence-corrected chi connectivity index (χ4v) is 3.22. The lowest BCUT2D eigenvalue weighted by atomic mass is 9.96. The van der Waals surface area contributed by atoms with Crippen LogP contribution in [0.3, 0.4) is 0 Å². The van der Waals surface area contributed by atoms with E-state index in [0.717, 1.165) is 18.9 Å². The van der Waals surface area contributed by atoms with Crippen molar-refractivity contribution in [2.75, 3.05) is 20.3 Å². The summed E-state index contributed by atoms with van der Waals surface area (Å²) in [7, 11) is 1.36. The number of hydrogen-bond acceptors (Lipinski definition) is 7. The van der Waals surface area contributed by atoms with Gasteiger partial charge in [-0.2, -0.15) is 0 Å². The fraction of sp³-hybridized carbons (Fsp3) is 0.556. The maximum atomic E-state index is 12.9. The Morgan fingerprint density at radius 3 is 2.37 bits per heavy atom. The van der Waals surface area contributed by atoms with Gasteiger partial charge in [-0.25, -0.2) is 4.79 Å². The Balaban J connectivity index is 2.42. The number of ether oxygens (including phenoxy) is 3. The van der Waals surface area contributed by atoms with E-state index in [0.29, 0.717) is 19.4 Å². The van der Waals surface area contributed by atoms with Crippen molar-refractivity contribution in [1.82, 2.24) is 5.32 Å². The first-order valence-corrected chi connectivity index (χ1v) is 8.87. The molecule has 1 saturated carbocycles. The second-order valence-corrected chi connectivity index (χ2v) is 6.17. The van der Waals surface area contributed by atoms with Gasteiger partial charge in [0, 0.05) is 6.07 Å². The molecular formula is C18H24N2O7. The van der Waals surface area contributed by atoms with Crippen molar-refractivity contribution < 1.29 is 28.7 Å². The highest BCUT2D eigenvalue weighted by Crippen LogP contribution is 2.36. The molecule has 2 rings (SSSR count). The summed E-state index contributed by atoms with van der Waals surface area (Å²) in [6.07, 6.45) is 2.38. The Morgan fingerprint density at radius 1 is 1.19 bits per heavy atom. The smallest absolute Gasteiger partial charge is 0.331 e. The molecule has 0 bridgehead atoms. The molecule has 0 aromatic heterocycles. The van der Waals surface area contributed by atoms with Crippen LogP contribution in [0.4, 0.5) is 5.69 Å². The van der Waals surface area contributed by atoms with E-state index in [2.05, 4.69) is 5.32 Å². The first-order valence-electron chi connectivity index (χ1n) is 8.87. The first-order chi connectivity index (χ1) is 12.9. The number of amides is 1. The van der Waals surface area contributed by atoms with Crippen molar-refractivity contribution >= 4 is 17.6 Å². The summed E-state index contributed by atoms with van der Waals surface area (Å²) in [4.78, 5) is 36.1. The molecule has 1 N–H and O–H groups in total. The summed E-state index contributed by atoms with van der Waals surface area (Å²) in [5, 5.41) is 14.1. The first kappa shape index (κ1) is 20.5. The summed E-state index contributed by atoms with van der Waals surface area (Å²) in [6, 6.07) is 2.41. The molecular weight excluding hydrogens is 356 g/mol. The summed E-state index contributed by atoms with van der Waals surface area (Å²) in [5.74, 6) is -0.870. The van der Waals surface area contributed by atoms with Crippen molar-refractivity contribution in [3.05, 3.63) is 27.8 Å².